The van der Waals surface area contributed by atoms with E-state index in [-0.39, 0.29) is 0 Å². The van der Waals surface area contributed by atoms with Gasteiger partial charge in [0.05, 0.1) is 14.2 Å². The van der Waals surface area contributed by atoms with Crippen LogP contribution in [0.5, 0.6) is 11.5 Å². The van der Waals surface area contributed by atoms with E-state index in [1.807, 2.05) is 18.2 Å². The molecule has 1 unspecified atom stereocenters. The number of hydrogen-bond donors (Lipinski definition) is 0. The van der Waals surface area contributed by atoms with E-state index in [1.54, 1.807) is 14.2 Å². The molecule has 1 aliphatic rings. The maximum Gasteiger partial charge on any atom is 0.161 e. The van der Waals surface area contributed by atoms with E-state index in [4.69, 9.17) is 21.1 Å². The van der Waals surface area contributed by atoms with Crippen molar-refractivity contribution in [3.63, 3.8) is 0 Å². The van der Waals surface area contributed by atoms with Gasteiger partial charge in [0.2, 0.25) is 0 Å². The molecule has 0 radical (unpaired) electrons. The Balaban J connectivity index is 1.89. The first-order valence-electron chi connectivity index (χ1n) is 9.00. The number of fused-ring (bicyclic) bond motifs is 1. The number of methoxy groups -OCH3 is 2. The predicted molar refractivity (Wildman–Crippen MR) is 108 cm³/mol. The lowest BCUT2D eigenvalue weighted by molar-refractivity contribution is 0.195. The molecule has 4 heteroatoms. The Bertz CT molecular complexity index is 757. The lowest BCUT2D eigenvalue weighted by Crippen LogP contribution is -2.36. The fraction of sp³-hybridized carbons (Fsp3) is 0.364. The minimum atomic E-state index is 0.340. The van der Waals surface area contributed by atoms with Gasteiger partial charge >= 0.3 is 0 Å². The first kappa shape index (κ1) is 18.8. The van der Waals surface area contributed by atoms with E-state index in [1.165, 1.54) is 16.7 Å². The van der Waals surface area contributed by atoms with Crippen molar-refractivity contribution in [1.82, 2.24) is 4.90 Å². The van der Waals surface area contributed by atoms with E-state index in [9.17, 15) is 0 Å². The molecule has 2 aromatic rings. The number of benzene rings is 2. The molecular weight excluding hydrogens is 346 g/mol. The molecule has 0 bridgehead atoms. The van der Waals surface area contributed by atoms with Crippen LogP contribution in [0.3, 0.4) is 0 Å². The Morgan fingerprint density at radius 3 is 2.50 bits per heavy atom. The molecule has 3 nitrogen and oxygen atoms in total. The average Bonchev–Trinajstić information content (AvgIpc) is 2.67. The molecule has 0 spiro atoms. The Morgan fingerprint density at radius 2 is 1.85 bits per heavy atom. The zero-order valence-corrected chi connectivity index (χ0v) is 16.3. The third kappa shape index (κ3) is 4.05. The summed E-state index contributed by atoms with van der Waals surface area (Å²) in [6.45, 7) is 5.85. The lowest BCUT2D eigenvalue weighted by atomic mass is 9.88. The second kappa shape index (κ2) is 8.61. The van der Waals surface area contributed by atoms with Gasteiger partial charge < -0.3 is 9.47 Å². The second-order valence-electron chi connectivity index (χ2n) is 6.62. The molecule has 0 aliphatic carbocycles. The molecule has 1 aliphatic heterocycles. The summed E-state index contributed by atoms with van der Waals surface area (Å²) in [6.07, 6.45) is 5.04. The summed E-state index contributed by atoms with van der Waals surface area (Å²) in [4.78, 5) is 2.50. The highest BCUT2D eigenvalue weighted by Gasteiger charge is 2.28. The largest absolute Gasteiger partial charge is 0.493 e. The van der Waals surface area contributed by atoms with Crippen LogP contribution >= 0.6 is 11.6 Å². The molecule has 0 fully saturated rings. The van der Waals surface area contributed by atoms with Gasteiger partial charge in [-0.15, -0.1) is 6.58 Å². The van der Waals surface area contributed by atoms with Crippen molar-refractivity contribution in [2.45, 2.75) is 25.3 Å². The molecule has 0 aromatic heterocycles. The van der Waals surface area contributed by atoms with Crippen LogP contribution in [-0.2, 0) is 12.8 Å². The van der Waals surface area contributed by atoms with E-state index < -0.39 is 0 Å². The molecule has 0 N–H and O–H groups in total. The number of rotatable bonds is 7. The highest BCUT2D eigenvalue weighted by molar-refractivity contribution is 6.30. The molecule has 26 heavy (non-hydrogen) atoms. The van der Waals surface area contributed by atoms with Gasteiger partial charge in [-0.25, -0.2) is 0 Å². The monoisotopic (exact) mass is 371 g/mol. The smallest absolute Gasteiger partial charge is 0.161 e. The van der Waals surface area contributed by atoms with Crippen LogP contribution in [0, 0.1) is 0 Å². The third-order valence-electron chi connectivity index (χ3n) is 5.10. The van der Waals surface area contributed by atoms with Crippen LogP contribution < -0.4 is 9.47 Å². The number of hydrogen-bond acceptors (Lipinski definition) is 3. The standard InChI is InChI=1S/C22H26ClNO2/c1-4-12-24-13-11-17-14-21(25-2)22(26-3)15-19(17)20(24)10-7-16-5-8-18(23)9-6-16/h4-6,8-9,14-15,20H,1,7,10-13H2,2-3H3. The Labute approximate surface area is 161 Å². The van der Waals surface area contributed by atoms with Crippen LogP contribution in [0.15, 0.2) is 49.1 Å². The predicted octanol–water partition coefficient (Wildman–Crippen LogP) is 5.08. The van der Waals surface area contributed by atoms with Gasteiger partial charge in [0.1, 0.15) is 0 Å². The van der Waals surface area contributed by atoms with Gasteiger partial charge in [-0.3, -0.25) is 4.90 Å². The normalized spacial score (nSPS) is 16.8. The molecule has 2 aromatic carbocycles. The van der Waals surface area contributed by atoms with Gasteiger partial charge in [-0.1, -0.05) is 29.8 Å². The zero-order chi connectivity index (χ0) is 18.5. The highest BCUT2D eigenvalue weighted by Crippen LogP contribution is 2.39. The first-order chi connectivity index (χ1) is 12.7. The van der Waals surface area contributed by atoms with Crippen LogP contribution in [-0.4, -0.2) is 32.2 Å². The summed E-state index contributed by atoms with van der Waals surface area (Å²) >= 11 is 6.01. The molecule has 3 rings (SSSR count). The molecule has 0 saturated heterocycles. The molecule has 138 valence electrons. The summed E-state index contributed by atoms with van der Waals surface area (Å²) in [5, 5.41) is 0.780. The topological polar surface area (TPSA) is 21.7 Å². The number of nitrogens with zero attached hydrogens (tertiary/aromatic N) is 1. The Morgan fingerprint density at radius 1 is 1.15 bits per heavy atom. The van der Waals surface area contributed by atoms with E-state index in [0.717, 1.165) is 48.9 Å². The summed E-state index contributed by atoms with van der Waals surface area (Å²) in [5.41, 5.74) is 3.99. The second-order valence-corrected chi connectivity index (χ2v) is 7.06. The van der Waals surface area contributed by atoms with E-state index in [2.05, 4.69) is 35.7 Å². The number of ether oxygens (including phenoxy) is 2. The number of halogens is 1. The minimum absolute atomic E-state index is 0.340. The van der Waals surface area contributed by atoms with Crippen LogP contribution in [0.4, 0.5) is 0 Å². The summed E-state index contributed by atoms with van der Waals surface area (Å²) in [7, 11) is 3.38. The maximum absolute atomic E-state index is 6.01. The molecule has 1 atom stereocenters. The SMILES string of the molecule is C=CCN1CCc2cc(OC)c(OC)cc2C1CCc1ccc(Cl)cc1. The highest BCUT2D eigenvalue weighted by atomic mass is 35.5. The Hall–Kier alpha value is -1.97. The van der Waals surface area contributed by atoms with E-state index >= 15 is 0 Å². The van der Waals surface area contributed by atoms with Crippen molar-refractivity contribution in [3.8, 4) is 11.5 Å². The molecule has 0 amide bonds. The molecule has 1 heterocycles. The van der Waals surface area contributed by atoms with Crippen molar-refractivity contribution in [1.29, 1.82) is 0 Å². The maximum atomic E-state index is 6.01. The Kier molecular flexibility index (Phi) is 6.23. The van der Waals surface area contributed by atoms with E-state index in [0.29, 0.717) is 6.04 Å². The van der Waals surface area contributed by atoms with Crippen molar-refractivity contribution in [2.24, 2.45) is 0 Å². The third-order valence-corrected chi connectivity index (χ3v) is 5.35. The average molecular weight is 372 g/mol. The van der Waals surface area contributed by atoms with Gasteiger partial charge in [0.25, 0.3) is 0 Å². The van der Waals surface area contributed by atoms with Crippen LogP contribution in [0.1, 0.15) is 29.2 Å². The molecular formula is C22H26ClNO2. The lowest BCUT2D eigenvalue weighted by Gasteiger charge is -2.37. The van der Waals surface area contributed by atoms with Crippen molar-refractivity contribution >= 4 is 11.6 Å². The van der Waals surface area contributed by atoms with Gasteiger partial charge in [-0.2, -0.15) is 0 Å². The fourth-order valence-electron chi connectivity index (χ4n) is 3.76. The van der Waals surface area contributed by atoms with Crippen LogP contribution in [0.25, 0.3) is 0 Å². The number of aryl methyl sites for hydroxylation is 1. The van der Waals surface area contributed by atoms with Gasteiger partial charge in [0, 0.05) is 24.2 Å². The fourth-order valence-corrected chi connectivity index (χ4v) is 3.88. The zero-order valence-electron chi connectivity index (χ0n) is 15.5. The van der Waals surface area contributed by atoms with Gasteiger partial charge in [-0.05, 0) is 60.2 Å². The molecule has 0 saturated carbocycles. The van der Waals surface area contributed by atoms with Crippen molar-refractivity contribution in [3.05, 3.63) is 70.8 Å². The summed E-state index contributed by atoms with van der Waals surface area (Å²) < 4.78 is 11.0. The van der Waals surface area contributed by atoms with Crippen molar-refractivity contribution < 1.29 is 9.47 Å². The van der Waals surface area contributed by atoms with Crippen LogP contribution in [0.2, 0.25) is 5.02 Å². The summed E-state index contributed by atoms with van der Waals surface area (Å²) in [6, 6.07) is 12.8. The minimum Gasteiger partial charge on any atom is -0.493 e. The first-order valence-corrected chi connectivity index (χ1v) is 9.38. The van der Waals surface area contributed by atoms with Crippen molar-refractivity contribution in [2.75, 3.05) is 27.3 Å². The summed E-state index contributed by atoms with van der Waals surface area (Å²) in [5.74, 6) is 1.60. The quantitative estimate of drug-likeness (QED) is 0.634. The van der Waals surface area contributed by atoms with Gasteiger partial charge in [0.15, 0.2) is 11.5 Å².